The quantitative estimate of drug-likeness (QED) is 0.311. The predicted molar refractivity (Wildman–Crippen MR) is 186 cm³/mol. The lowest BCUT2D eigenvalue weighted by Crippen LogP contribution is -2.59. The van der Waals surface area contributed by atoms with Gasteiger partial charge in [0, 0.05) is 30.8 Å². The molecule has 4 aliphatic heterocycles. The summed E-state index contributed by atoms with van der Waals surface area (Å²) < 4.78 is 18.6. The van der Waals surface area contributed by atoms with Gasteiger partial charge >= 0.3 is 5.97 Å². The summed E-state index contributed by atoms with van der Waals surface area (Å²) in [5, 5.41) is 14.2. The highest BCUT2D eigenvalue weighted by Gasteiger charge is 2.73. The summed E-state index contributed by atoms with van der Waals surface area (Å²) in [6, 6.07) is 13.3. The van der Waals surface area contributed by atoms with E-state index < -0.39 is 65.6 Å². The van der Waals surface area contributed by atoms with Crippen LogP contribution in [-0.4, -0.2) is 90.4 Å². The molecule has 0 saturated carbocycles. The summed E-state index contributed by atoms with van der Waals surface area (Å²) in [5.74, 6) is -4.28. The molecule has 0 radical (unpaired) electrons. The van der Waals surface area contributed by atoms with E-state index in [1.54, 1.807) is 65.6 Å². The standard InChI is InChI=1S/C38H44ClN3O8/c1-4-23(2)28(21-43)42-34-36(46)41(26-17-15-25(39)16-18-26)20-10-19-38(34)32(35(42)45)31-29(50-38)13-8-9-14-30(44)40-27(22-48-3)33(49-37(31)47)24-11-6-5-7-12-24/h5-8,10-13,15-19,23,27-29,31-34,43H,4,9,14,20-22H2,1-3H3,(H,40,44)/b13-8-/t23-,27-,28-,29-,31+,32+,33-,34-,38+/m0/s1. The number of cyclic esters (lactones) is 1. The fourth-order valence-electron chi connectivity index (χ4n) is 7.85. The number of allylic oxidation sites excluding steroid dienone is 1. The molecular weight excluding hydrogens is 662 g/mol. The van der Waals surface area contributed by atoms with Crippen LogP contribution in [0, 0.1) is 17.8 Å². The first-order valence-electron chi connectivity index (χ1n) is 17.2. The van der Waals surface area contributed by atoms with E-state index in [9.17, 15) is 24.3 Å². The highest BCUT2D eigenvalue weighted by molar-refractivity contribution is 6.30. The van der Waals surface area contributed by atoms with Gasteiger partial charge in [0.2, 0.25) is 11.8 Å². The molecule has 2 aromatic carbocycles. The van der Waals surface area contributed by atoms with Crippen LogP contribution in [0.5, 0.6) is 0 Å². The van der Waals surface area contributed by atoms with Crippen molar-refractivity contribution in [2.75, 3.05) is 31.8 Å². The van der Waals surface area contributed by atoms with Gasteiger partial charge in [0.1, 0.15) is 23.7 Å². The van der Waals surface area contributed by atoms with Crippen molar-refractivity contribution in [2.45, 2.75) is 69.0 Å². The smallest absolute Gasteiger partial charge is 0.313 e. The Balaban J connectivity index is 1.48. The first-order chi connectivity index (χ1) is 24.1. The Morgan fingerprint density at radius 1 is 1.06 bits per heavy atom. The number of nitrogens with zero attached hydrogens (tertiary/aromatic N) is 2. The number of benzene rings is 2. The summed E-state index contributed by atoms with van der Waals surface area (Å²) >= 11 is 6.17. The van der Waals surface area contributed by atoms with Gasteiger partial charge in [-0.1, -0.05) is 86.5 Å². The molecule has 9 atom stereocenters. The van der Waals surface area contributed by atoms with Crippen LogP contribution in [0.15, 0.2) is 78.9 Å². The second-order valence-corrected chi connectivity index (χ2v) is 13.9. The fraction of sp³-hybridized carbons (Fsp3) is 0.474. The van der Waals surface area contributed by atoms with Crippen molar-refractivity contribution in [3.05, 3.63) is 89.5 Å². The van der Waals surface area contributed by atoms with Crippen LogP contribution in [0.3, 0.4) is 0 Å². The van der Waals surface area contributed by atoms with Crippen molar-refractivity contribution in [2.24, 2.45) is 17.8 Å². The first-order valence-corrected chi connectivity index (χ1v) is 17.6. The Bertz CT molecular complexity index is 1630. The molecule has 2 aromatic rings. The second kappa shape index (κ2) is 15.1. The number of halogens is 1. The molecule has 6 rings (SSSR count). The first kappa shape index (κ1) is 35.8. The van der Waals surface area contributed by atoms with E-state index in [0.717, 1.165) is 0 Å². The number of carbonyl (C=O) groups is 4. The number of rotatable bonds is 8. The number of amides is 3. The molecule has 266 valence electrons. The van der Waals surface area contributed by atoms with Crippen LogP contribution in [0.1, 0.15) is 44.8 Å². The molecular formula is C38H44ClN3O8. The molecule has 2 N–H and O–H groups in total. The van der Waals surface area contributed by atoms with Gasteiger partial charge in [-0.2, -0.15) is 0 Å². The van der Waals surface area contributed by atoms with E-state index in [1.807, 2.05) is 32.0 Å². The number of esters is 1. The minimum absolute atomic E-state index is 0.0615. The van der Waals surface area contributed by atoms with Gasteiger partial charge in [0.05, 0.1) is 37.3 Å². The largest absolute Gasteiger partial charge is 0.455 e. The minimum Gasteiger partial charge on any atom is -0.455 e. The van der Waals surface area contributed by atoms with E-state index in [1.165, 1.54) is 12.0 Å². The molecule has 4 heterocycles. The van der Waals surface area contributed by atoms with Crippen molar-refractivity contribution in [3.8, 4) is 0 Å². The summed E-state index contributed by atoms with van der Waals surface area (Å²) in [5.41, 5.74) is -0.340. The predicted octanol–water partition coefficient (Wildman–Crippen LogP) is 4.00. The Morgan fingerprint density at radius 2 is 1.80 bits per heavy atom. The zero-order valence-electron chi connectivity index (χ0n) is 28.4. The van der Waals surface area contributed by atoms with Crippen molar-refractivity contribution < 1.29 is 38.5 Å². The van der Waals surface area contributed by atoms with E-state index in [2.05, 4.69) is 5.32 Å². The zero-order valence-corrected chi connectivity index (χ0v) is 29.2. The lowest BCUT2D eigenvalue weighted by atomic mass is 9.77. The number of hydrogen-bond acceptors (Lipinski definition) is 8. The number of hydrogen-bond donors (Lipinski definition) is 2. The van der Waals surface area contributed by atoms with Gasteiger partial charge in [-0.3, -0.25) is 19.2 Å². The molecule has 0 aliphatic carbocycles. The van der Waals surface area contributed by atoms with Gasteiger partial charge in [-0.15, -0.1) is 0 Å². The van der Waals surface area contributed by atoms with E-state index in [-0.39, 0.29) is 38.0 Å². The molecule has 0 aromatic heterocycles. The number of carbonyl (C=O) groups excluding carboxylic acids is 4. The Morgan fingerprint density at radius 3 is 2.48 bits per heavy atom. The lowest BCUT2D eigenvalue weighted by molar-refractivity contribution is -0.163. The maximum absolute atomic E-state index is 15.0. The lowest BCUT2D eigenvalue weighted by Gasteiger charge is -2.40. The second-order valence-electron chi connectivity index (χ2n) is 13.4. The summed E-state index contributed by atoms with van der Waals surface area (Å²) in [7, 11) is 1.50. The highest BCUT2D eigenvalue weighted by atomic mass is 35.5. The molecule has 12 heteroatoms. The third-order valence-corrected chi connectivity index (χ3v) is 10.7. The number of nitrogens with one attached hydrogen (secondary N) is 1. The minimum atomic E-state index is -1.56. The maximum Gasteiger partial charge on any atom is 0.313 e. The van der Waals surface area contributed by atoms with E-state index >= 15 is 0 Å². The molecule has 2 saturated heterocycles. The molecule has 11 nitrogen and oxygen atoms in total. The van der Waals surface area contributed by atoms with Crippen molar-refractivity contribution in [3.63, 3.8) is 0 Å². The number of ether oxygens (including phenoxy) is 3. The summed E-state index contributed by atoms with van der Waals surface area (Å²) in [4.78, 5) is 60.5. The Hall–Kier alpha value is -4.03. The van der Waals surface area contributed by atoms with Gasteiger partial charge in [0.15, 0.2) is 0 Å². The summed E-state index contributed by atoms with van der Waals surface area (Å²) in [6.45, 7) is 3.74. The zero-order chi connectivity index (χ0) is 35.6. The number of aliphatic hydroxyl groups excluding tert-OH is 1. The summed E-state index contributed by atoms with van der Waals surface area (Å²) in [6.07, 6.45) is 6.25. The average Bonchev–Trinajstić information content (AvgIpc) is 3.50. The molecule has 4 aliphatic rings. The monoisotopic (exact) mass is 705 g/mol. The third kappa shape index (κ3) is 6.48. The Labute approximate surface area is 297 Å². The van der Waals surface area contributed by atoms with Crippen LogP contribution < -0.4 is 10.2 Å². The van der Waals surface area contributed by atoms with Crippen LogP contribution in [0.4, 0.5) is 5.69 Å². The van der Waals surface area contributed by atoms with Crippen molar-refractivity contribution in [1.29, 1.82) is 0 Å². The molecule has 3 amide bonds. The van der Waals surface area contributed by atoms with Gasteiger partial charge in [-0.05, 0) is 42.2 Å². The number of likely N-dealkylation sites (tertiary alicyclic amines) is 1. The van der Waals surface area contributed by atoms with Crippen LogP contribution >= 0.6 is 11.6 Å². The molecule has 1 spiro atoms. The molecule has 0 unspecified atom stereocenters. The normalized spacial score (nSPS) is 31.7. The highest BCUT2D eigenvalue weighted by Crippen LogP contribution is 2.54. The molecule has 50 heavy (non-hydrogen) atoms. The Kier molecular flexibility index (Phi) is 10.8. The van der Waals surface area contributed by atoms with E-state index in [0.29, 0.717) is 29.1 Å². The van der Waals surface area contributed by atoms with Gasteiger partial charge < -0.3 is 34.4 Å². The van der Waals surface area contributed by atoms with Crippen LogP contribution in [-0.2, 0) is 33.4 Å². The maximum atomic E-state index is 15.0. The number of fused-ring (bicyclic) bond motifs is 2. The number of aliphatic hydroxyl groups is 1. The van der Waals surface area contributed by atoms with Crippen molar-refractivity contribution >= 4 is 41.0 Å². The topological polar surface area (TPSA) is 135 Å². The van der Waals surface area contributed by atoms with E-state index in [4.69, 9.17) is 25.8 Å². The number of methoxy groups -OCH3 is 1. The number of anilines is 1. The van der Waals surface area contributed by atoms with Gasteiger partial charge in [0.25, 0.3) is 5.91 Å². The average molecular weight is 706 g/mol. The molecule has 2 fully saturated rings. The van der Waals surface area contributed by atoms with Gasteiger partial charge in [-0.25, -0.2) is 0 Å². The van der Waals surface area contributed by atoms with Crippen LogP contribution in [0.2, 0.25) is 5.02 Å². The molecule has 0 bridgehead atoms. The fourth-order valence-corrected chi connectivity index (χ4v) is 7.98. The third-order valence-electron chi connectivity index (χ3n) is 10.5. The SMILES string of the molecule is CC[C@H](C)[C@H](CO)N1C(=O)[C@H]2[C@@H]3C(=O)O[C@@H](c4ccccc4)[C@H](COC)NC(=O)CC/C=C\[C@@H]3O[C@]23C=CCN(c2ccc(Cl)cc2)C(=O)[C@H]13. The van der Waals surface area contributed by atoms with Crippen molar-refractivity contribution in [1.82, 2.24) is 10.2 Å². The van der Waals surface area contributed by atoms with Crippen LogP contribution in [0.25, 0.3) is 0 Å².